The van der Waals surface area contributed by atoms with Crippen molar-refractivity contribution in [3.63, 3.8) is 0 Å². The van der Waals surface area contributed by atoms with Gasteiger partial charge in [0.15, 0.2) is 11.7 Å². The van der Waals surface area contributed by atoms with Gasteiger partial charge in [0.05, 0.1) is 12.2 Å². The molecule has 0 unspecified atom stereocenters. The number of hydrogen-bond donors (Lipinski definition) is 2. The molecule has 2 N–H and O–H groups in total. The van der Waals surface area contributed by atoms with Crippen LogP contribution >= 0.6 is 24.0 Å². The number of aromatic nitrogens is 1. The van der Waals surface area contributed by atoms with Crippen LogP contribution in [0.15, 0.2) is 45.9 Å². The first-order valence-electron chi connectivity index (χ1n) is 9.12. The van der Waals surface area contributed by atoms with Crippen LogP contribution in [0.25, 0.3) is 0 Å². The summed E-state index contributed by atoms with van der Waals surface area (Å²) in [7, 11) is 1.79. The Morgan fingerprint density at radius 3 is 2.35 bits per heavy atom. The molecule has 0 amide bonds. The Bertz CT molecular complexity index is 665. The van der Waals surface area contributed by atoms with E-state index in [0.29, 0.717) is 6.54 Å². The third-order valence-corrected chi connectivity index (χ3v) is 4.96. The van der Waals surface area contributed by atoms with Crippen molar-refractivity contribution in [2.75, 3.05) is 13.6 Å². The van der Waals surface area contributed by atoms with Crippen molar-refractivity contribution in [2.45, 2.75) is 52.0 Å². The number of halogens is 1. The SMILES string of the molecule is CCc1cc(CNC(=NC)NCC(CC)(CC)c2ccccc2)on1.I. The van der Waals surface area contributed by atoms with Crippen LogP contribution in [0.2, 0.25) is 0 Å². The van der Waals surface area contributed by atoms with Crippen LogP contribution in [-0.2, 0) is 18.4 Å². The Hall–Kier alpha value is -1.57. The summed E-state index contributed by atoms with van der Waals surface area (Å²) in [6, 6.07) is 12.7. The molecule has 0 aliphatic heterocycles. The largest absolute Gasteiger partial charge is 0.359 e. The highest BCUT2D eigenvalue weighted by Gasteiger charge is 2.28. The van der Waals surface area contributed by atoms with Gasteiger partial charge in [-0.25, -0.2) is 0 Å². The monoisotopic (exact) mass is 470 g/mol. The maximum Gasteiger partial charge on any atom is 0.191 e. The van der Waals surface area contributed by atoms with Gasteiger partial charge in [0, 0.05) is 25.1 Å². The molecule has 1 aromatic heterocycles. The first-order valence-corrected chi connectivity index (χ1v) is 9.12. The molecule has 0 spiro atoms. The highest BCUT2D eigenvalue weighted by molar-refractivity contribution is 14.0. The number of nitrogens with one attached hydrogen (secondary N) is 2. The van der Waals surface area contributed by atoms with Gasteiger partial charge in [0.2, 0.25) is 0 Å². The van der Waals surface area contributed by atoms with Crippen LogP contribution in [0.4, 0.5) is 0 Å². The van der Waals surface area contributed by atoms with Crippen molar-refractivity contribution in [3.05, 3.63) is 53.4 Å². The van der Waals surface area contributed by atoms with Gasteiger partial charge in [-0.15, -0.1) is 24.0 Å². The van der Waals surface area contributed by atoms with E-state index in [4.69, 9.17) is 4.52 Å². The molecule has 2 rings (SSSR count). The maximum absolute atomic E-state index is 5.31. The van der Waals surface area contributed by atoms with E-state index < -0.39 is 0 Å². The minimum Gasteiger partial charge on any atom is -0.359 e. The fraction of sp³-hybridized carbons (Fsp3) is 0.500. The molecule has 1 aromatic carbocycles. The first kappa shape index (κ1) is 22.5. The molecule has 0 fully saturated rings. The number of benzene rings is 1. The predicted octanol–water partition coefficient (Wildman–Crippen LogP) is 4.28. The molecule has 5 nitrogen and oxygen atoms in total. The average Bonchev–Trinajstić information content (AvgIpc) is 3.14. The van der Waals surface area contributed by atoms with Gasteiger partial charge in [0.25, 0.3) is 0 Å². The summed E-state index contributed by atoms with van der Waals surface area (Å²) in [5.41, 5.74) is 2.44. The number of aryl methyl sites for hydroxylation is 1. The van der Waals surface area contributed by atoms with Crippen molar-refractivity contribution in [1.29, 1.82) is 0 Å². The number of hydrogen-bond acceptors (Lipinski definition) is 3. The van der Waals surface area contributed by atoms with Crippen molar-refractivity contribution < 1.29 is 4.52 Å². The molecule has 2 aromatic rings. The summed E-state index contributed by atoms with van der Waals surface area (Å²) in [4.78, 5) is 4.33. The van der Waals surface area contributed by atoms with Gasteiger partial charge < -0.3 is 15.2 Å². The molecular weight excluding hydrogens is 439 g/mol. The third-order valence-electron chi connectivity index (χ3n) is 4.96. The number of rotatable bonds is 8. The highest BCUT2D eigenvalue weighted by Crippen LogP contribution is 2.30. The molecule has 26 heavy (non-hydrogen) atoms. The van der Waals surface area contributed by atoms with Gasteiger partial charge in [-0.05, 0) is 24.8 Å². The molecule has 6 heteroatoms. The lowest BCUT2D eigenvalue weighted by Crippen LogP contribution is -2.45. The van der Waals surface area contributed by atoms with E-state index >= 15 is 0 Å². The topological polar surface area (TPSA) is 62.5 Å². The minimum atomic E-state index is 0. The van der Waals surface area contributed by atoms with E-state index in [2.05, 4.69) is 71.9 Å². The number of guanidine groups is 1. The van der Waals surface area contributed by atoms with Crippen LogP contribution in [0.5, 0.6) is 0 Å². The van der Waals surface area contributed by atoms with Gasteiger partial charge in [0.1, 0.15) is 0 Å². The molecule has 144 valence electrons. The first-order chi connectivity index (χ1) is 12.2. The Balaban J connectivity index is 0.00000338. The second-order valence-electron chi connectivity index (χ2n) is 6.27. The molecule has 0 atom stereocenters. The summed E-state index contributed by atoms with van der Waals surface area (Å²) in [5.74, 6) is 1.59. The zero-order valence-corrected chi connectivity index (χ0v) is 18.5. The van der Waals surface area contributed by atoms with E-state index in [1.165, 1.54) is 5.56 Å². The molecular formula is C20H31IN4O. The molecule has 1 heterocycles. The fourth-order valence-corrected chi connectivity index (χ4v) is 3.05. The Kier molecular flexibility index (Phi) is 9.69. The zero-order valence-electron chi connectivity index (χ0n) is 16.2. The summed E-state index contributed by atoms with van der Waals surface area (Å²) in [6.07, 6.45) is 3.02. The van der Waals surface area contributed by atoms with E-state index in [1.807, 2.05) is 6.07 Å². The summed E-state index contributed by atoms with van der Waals surface area (Å²) in [5, 5.41) is 10.8. The molecule has 0 saturated carbocycles. The molecule has 0 saturated heterocycles. The second-order valence-corrected chi connectivity index (χ2v) is 6.27. The lowest BCUT2D eigenvalue weighted by molar-refractivity contribution is 0.372. The summed E-state index contributed by atoms with van der Waals surface area (Å²) in [6.45, 7) is 7.96. The molecule has 0 aliphatic rings. The van der Waals surface area contributed by atoms with Gasteiger partial charge in [-0.2, -0.15) is 0 Å². The minimum absolute atomic E-state index is 0. The van der Waals surface area contributed by atoms with Crippen molar-refractivity contribution >= 4 is 29.9 Å². The average molecular weight is 470 g/mol. The van der Waals surface area contributed by atoms with E-state index in [1.54, 1.807) is 7.05 Å². The third kappa shape index (κ3) is 5.72. The lowest BCUT2D eigenvalue weighted by Gasteiger charge is -2.33. The number of aliphatic imine (C=N–C) groups is 1. The van der Waals surface area contributed by atoms with Gasteiger partial charge in [-0.1, -0.05) is 56.3 Å². The van der Waals surface area contributed by atoms with Crippen LogP contribution < -0.4 is 10.6 Å². The predicted molar refractivity (Wildman–Crippen MR) is 118 cm³/mol. The van der Waals surface area contributed by atoms with E-state index in [9.17, 15) is 0 Å². The molecule has 0 bridgehead atoms. The smallest absolute Gasteiger partial charge is 0.191 e. The summed E-state index contributed by atoms with van der Waals surface area (Å²) < 4.78 is 5.31. The lowest BCUT2D eigenvalue weighted by atomic mass is 9.76. The normalized spacial score (nSPS) is 11.8. The van der Waals surface area contributed by atoms with Crippen molar-refractivity contribution in [2.24, 2.45) is 4.99 Å². The number of nitrogens with zero attached hydrogens (tertiary/aromatic N) is 2. The Morgan fingerprint density at radius 2 is 1.81 bits per heavy atom. The standard InChI is InChI=1S/C20H30N4O.HI/c1-5-17-13-18(25-24-17)14-22-19(21-4)23-15-20(6-2,7-3)16-11-9-8-10-12-16;/h8-13H,5-7,14-15H2,1-4H3,(H2,21,22,23);1H. The Labute approximate surface area is 174 Å². The van der Waals surface area contributed by atoms with Gasteiger partial charge in [-0.3, -0.25) is 4.99 Å². The molecule has 0 radical (unpaired) electrons. The maximum atomic E-state index is 5.31. The second kappa shape index (κ2) is 11.2. The zero-order chi connectivity index (χ0) is 18.1. The quantitative estimate of drug-likeness (QED) is 0.344. The van der Waals surface area contributed by atoms with Gasteiger partial charge >= 0.3 is 0 Å². The van der Waals surface area contributed by atoms with Crippen molar-refractivity contribution in [1.82, 2.24) is 15.8 Å². The van der Waals surface area contributed by atoms with Crippen LogP contribution in [0.1, 0.15) is 50.6 Å². The highest BCUT2D eigenvalue weighted by atomic mass is 127. The fourth-order valence-electron chi connectivity index (χ4n) is 3.05. The Morgan fingerprint density at radius 1 is 1.12 bits per heavy atom. The van der Waals surface area contributed by atoms with Crippen LogP contribution in [0, 0.1) is 0 Å². The van der Waals surface area contributed by atoms with Crippen molar-refractivity contribution in [3.8, 4) is 0 Å². The summed E-state index contributed by atoms with van der Waals surface area (Å²) >= 11 is 0. The molecule has 0 aliphatic carbocycles. The van der Waals surface area contributed by atoms with Crippen LogP contribution in [-0.4, -0.2) is 24.7 Å². The van der Waals surface area contributed by atoms with Crippen LogP contribution in [0.3, 0.4) is 0 Å². The van der Waals surface area contributed by atoms with E-state index in [0.717, 1.165) is 43.2 Å². The van der Waals surface area contributed by atoms with E-state index in [-0.39, 0.29) is 29.4 Å².